The second-order valence-corrected chi connectivity index (χ2v) is 5.49. The maximum Gasteiger partial charge on any atom is 0.369 e. The van der Waals surface area contributed by atoms with Crippen LogP contribution in [-0.4, -0.2) is 27.2 Å². The quantitative estimate of drug-likeness (QED) is 0.694. The summed E-state index contributed by atoms with van der Waals surface area (Å²) in [7, 11) is 0. The Hall–Kier alpha value is -2.21. The second-order valence-electron chi connectivity index (χ2n) is 4.53. The molecule has 0 radical (unpaired) electrons. The molecule has 21 heavy (non-hydrogen) atoms. The molecule has 6 heteroatoms. The largest absolute Gasteiger partial charge is 0.461 e. The first kappa shape index (κ1) is 13.8. The Balaban J connectivity index is 1.91. The standard InChI is InChI=1S/C15H15N3O2S/c1-3-10-5-7-11(8-6-10)12-9-18-15(16-12)21-13(17-18)14(19)20-4-2/h5-9H,3-4H2,1-2H3. The van der Waals surface area contributed by atoms with Crippen molar-refractivity contribution in [2.24, 2.45) is 0 Å². The van der Waals surface area contributed by atoms with E-state index in [1.807, 2.05) is 6.20 Å². The summed E-state index contributed by atoms with van der Waals surface area (Å²) < 4.78 is 6.56. The fraction of sp³-hybridized carbons (Fsp3) is 0.267. The number of fused-ring (bicyclic) bond motifs is 1. The van der Waals surface area contributed by atoms with Gasteiger partial charge < -0.3 is 4.74 Å². The number of esters is 1. The van der Waals surface area contributed by atoms with Crippen LogP contribution < -0.4 is 0 Å². The zero-order valence-corrected chi connectivity index (χ0v) is 12.7. The van der Waals surface area contributed by atoms with Crippen LogP contribution in [0.3, 0.4) is 0 Å². The molecule has 108 valence electrons. The van der Waals surface area contributed by atoms with Crippen molar-refractivity contribution in [2.75, 3.05) is 6.61 Å². The van der Waals surface area contributed by atoms with Gasteiger partial charge in [-0.25, -0.2) is 14.3 Å². The number of rotatable bonds is 4. The van der Waals surface area contributed by atoms with Gasteiger partial charge in [0.25, 0.3) is 0 Å². The van der Waals surface area contributed by atoms with Crippen LogP contribution in [0, 0.1) is 0 Å². The van der Waals surface area contributed by atoms with Crippen molar-refractivity contribution in [2.45, 2.75) is 20.3 Å². The van der Waals surface area contributed by atoms with Crippen molar-refractivity contribution < 1.29 is 9.53 Å². The molecule has 0 saturated heterocycles. The molecule has 0 amide bonds. The number of ether oxygens (including phenoxy) is 1. The van der Waals surface area contributed by atoms with Gasteiger partial charge in [-0.1, -0.05) is 42.5 Å². The number of hydrogen-bond donors (Lipinski definition) is 0. The lowest BCUT2D eigenvalue weighted by atomic mass is 10.1. The maximum atomic E-state index is 11.6. The molecule has 0 bridgehead atoms. The molecule has 0 aliphatic carbocycles. The van der Waals surface area contributed by atoms with Gasteiger partial charge in [-0.15, -0.1) is 5.10 Å². The minimum absolute atomic E-state index is 0.326. The monoisotopic (exact) mass is 301 g/mol. The highest BCUT2D eigenvalue weighted by Gasteiger charge is 2.15. The number of benzene rings is 1. The van der Waals surface area contributed by atoms with Crippen LogP contribution in [0.15, 0.2) is 30.5 Å². The molecular weight excluding hydrogens is 286 g/mol. The van der Waals surface area contributed by atoms with E-state index in [0.717, 1.165) is 17.7 Å². The minimum Gasteiger partial charge on any atom is -0.461 e. The molecule has 2 heterocycles. The average Bonchev–Trinajstić information content (AvgIpc) is 3.06. The average molecular weight is 301 g/mol. The molecule has 3 rings (SSSR count). The van der Waals surface area contributed by atoms with Crippen molar-refractivity contribution in [3.05, 3.63) is 41.0 Å². The summed E-state index contributed by atoms with van der Waals surface area (Å²) in [6.45, 7) is 4.24. The van der Waals surface area contributed by atoms with Gasteiger partial charge in [0.1, 0.15) is 0 Å². The van der Waals surface area contributed by atoms with Crippen LogP contribution >= 0.6 is 11.3 Å². The summed E-state index contributed by atoms with van der Waals surface area (Å²) in [5.41, 5.74) is 3.19. The van der Waals surface area contributed by atoms with Crippen molar-refractivity contribution in [3.63, 3.8) is 0 Å². The molecular formula is C15H15N3O2S. The number of aromatic nitrogens is 3. The molecule has 3 aromatic rings. The highest BCUT2D eigenvalue weighted by atomic mass is 32.1. The number of hydrogen-bond acceptors (Lipinski definition) is 5. The topological polar surface area (TPSA) is 56.5 Å². The van der Waals surface area contributed by atoms with Gasteiger partial charge in [-0.05, 0) is 18.9 Å². The van der Waals surface area contributed by atoms with Crippen molar-refractivity contribution in [1.82, 2.24) is 14.6 Å². The third-order valence-corrected chi connectivity index (χ3v) is 4.05. The van der Waals surface area contributed by atoms with E-state index in [0.29, 0.717) is 16.6 Å². The predicted octanol–water partition coefficient (Wildman–Crippen LogP) is 3.20. The number of carbonyl (C=O) groups excluding carboxylic acids is 1. The normalized spacial score (nSPS) is 11.0. The number of nitrogens with zero attached hydrogens (tertiary/aromatic N) is 3. The Kier molecular flexibility index (Phi) is 3.70. The van der Waals surface area contributed by atoms with Crippen molar-refractivity contribution in [3.8, 4) is 11.3 Å². The van der Waals surface area contributed by atoms with Crippen molar-refractivity contribution >= 4 is 22.3 Å². The SMILES string of the molecule is CCOC(=O)c1nn2cc(-c3ccc(CC)cc3)nc2s1. The minimum atomic E-state index is -0.401. The highest BCUT2D eigenvalue weighted by molar-refractivity contribution is 7.18. The Morgan fingerprint density at radius 2 is 2.05 bits per heavy atom. The summed E-state index contributed by atoms with van der Waals surface area (Å²) in [5.74, 6) is -0.401. The number of carbonyl (C=O) groups is 1. The van der Waals surface area contributed by atoms with Gasteiger partial charge in [0.15, 0.2) is 0 Å². The number of imidazole rings is 1. The molecule has 0 saturated carbocycles. The lowest BCUT2D eigenvalue weighted by Crippen LogP contribution is -2.04. The third kappa shape index (κ3) is 2.67. The molecule has 1 aromatic carbocycles. The Bertz CT molecular complexity index is 742. The lowest BCUT2D eigenvalue weighted by Gasteiger charge is -1.98. The molecule has 0 fully saturated rings. The highest BCUT2D eigenvalue weighted by Crippen LogP contribution is 2.23. The first-order valence-electron chi connectivity index (χ1n) is 6.84. The summed E-state index contributed by atoms with van der Waals surface area (Å²) >= 11 is 1.23. The molecule has 0 unspecified atom stereocenters. The fourth-order valence-corrected chi connectivity index (χ4v) is 2.80. The Morgan fingerprint density at radius 3 is 2.67 bits per heavy atom. The van der Waals surface area contributed by atoms with Gasteiger partial charge in [0, 0.05) is 5.56 Å². The molecule has 5 nitrogen and oxygen atoms in total. The molecule has 0 aliphatic heterocycles. The van der Waals surface area contributed by atoms with E-state index < -0.39 is 5.97 Å². The fourth-order valence-electron chi connectivity index (χ4n) is 2.03. The zero-order chi connectivity index (χ0) is 14.8. The zero-order valence-electron chi connectivity index (χ0n) is 11.9. The predicted molar refractivity (Wildman–Crippen MR) is 81.6 cm³/mol. The van der Waals surface area contributed by atoms with E-state index in [-0.39, 0.29) is 0 Å². The van der Waals surface area contributed by atoms with Crippen LogP contribution in [0.2, 0.25) is 0 Å². The summed E-state index contributed by atoms with van der Waals surface area (Å²) in [6, 6.07) is 8.30. The van der Waals surface area contributed by atoms with Crippen LogP contribution in [0.5, 0.6) is 0 Å². The van der Waals surface area contributed by atoms with E-state index in [1.165, 1.54) is 16.9 Å². The maximum absolute atomic E-state index is 11.6. The molecule has 0 atom stereocenters. The first-order valence-corrected chi connectivity index (χ1v) is 7.65. The van der Waals surface area contributed by atoms with Crippen LogP contribution in [-0.2, 0) is 11.2 Å². The summed E-state index contributed by atoms with van der Waals surface area (Å²) in [4.78, 5) is 16.8. The molecule has 0 aliphatic rings. The Morgan fingerprint density at radius 1 is 1.29 bits per heavy atom. The first-order chi connectivity index (χ1) is 10.2. The van der Waals surface area contributed by atoms with E-state index in [1.54, 1.807) is 11.4 Å². The van der Waals surface area contributed by atoms with Gasteiger partial charge in [-0.3, -0.25) is 0 Å². The van der Waals surface area contributed by atoms with Crippen LogP contribution in [0.4, 0.5) is 0 Å². The van der Waals surface area contributed by atoms with E-state index in [4.69, 9.17) is 4.74 Å². The van der Waals surface area contributed by atoms with Gasteiger partial charge in [0.05, 0.1) is 18.5 Å². The Labute approximate surface area is 126 Å². The summed E-state index contributed by atoms with van der Waals surface area (Å²) in [6.07, 6.45) is 2.85. The van der Waals surface area contributed by atoms with Crippen LogP contribution in [0.1, 0.15) is 29.2 Å². The lowest BCUT2D eigenvalue weighted by molar-refractivity contribution is 0.0524. The van der Waals surface area contributed by atoms with Gasteiger partial charge in [-0.2, -0.15) is 0 Å². The molecule has 0 N–H and O–H groups in total. The third-order valence-electron chi connectivity index (χ3n) is 3.15. The molecule has 2 aromatic heterocycles. The van der Waals surface area contributed by atoms with E-state index in [2.05, 4.69) is 41.3 Å². The summed E-state index contributed by atoms with van der Waals surface area (Å²) in [5, 5.41) is 4.54. The van der Waals surface area contributed by atoms with Gasteiger partial charge >= 0.3 is 5.97 Å². The van der Waals surface area contributed by atoms with Crippen molar-refractivity contribution in [1.29, 1.82) is 0 Å². The smallest absolute Gasteiger partial charge is 0.369 e. The second kappa shape index (κ2) is 5.65. The molecule has 0 spiro atoms. The van der Waals surface area contributed by atoms with Gasteiger partial charge in [0.2, 0.25) is 9.97 Å². The van der Waals surface area contributed by atoms with Crippen LogP contribution in [0.25, 0.3) is 16.2 Å². The van der Waals surface area contributed by atoms with E-state index >= 15 is 0 Å². The number of aryl methyl sites for hydroxylation is 1. The van der Waals surface area contributed by atoms with E-state index in [9.17, 15) is 4.79 Å².